The number of nitrogens with zero attached hydrogens (tertiary/aromatic N) is 2. The van der Waals surface area contributed by atoms with Gasteiger partial charge in [-0.2, -0.15) is 0 Å². The Morgan fingerprint density at radius 2 is 1.83 bits per heavy atom. The fraction of sp³-hybridized carbons (Fsp3) is 0.571. The number of piperazine rings is 1. The molecule has 0 aliphatic carbocycles. The first-order valence-electron chi connectivity index (χ1n) is 7.27. The lowest BCUT2D eigenvalue weighted by molar-refractivity contribution is 0.156. The van der Waals surface area contributed by atoms with Crippen molar-refractivity contribution < 1.29 is 13.2 Å². The van der Waals surface area contributed by atoms with Gasteiger partial charge < -0.3 is 9.64 Å². The second-order valence-electron chi connectivity index (χ2n) is 5.44. The molecule has 23 heavy (non-hydrogen) atoms. The fourth-order valence-corrected chi connectivity index (χ4v) is 4.23. The van der Waals surface area contributed by atoms with Gasteiger partial charge in [-0.25, -0.2) is 13.1 Å². The molecule has 130 valence electrons. The van der Waals surface area contributed by atoms with Crippen molar-refractivity contribution in [3.63, 3.8) is 0 Å². The van der Waals surface area contributed by atoms with E-state index in [1.807, 2.05) is 0 Å². The third-order valence-electron chi connectivity index (χ3n) is 3.84. The van der Waals surface area contributed by atoms with Gasteiger partial charge in [-0.15, -0.1) is 0 Å². The zero-order valence-corrected chi connectivity index (χ0v) is 15.5. The van der Waals surface area contributed by atoms with Crippen LogP contribution in [0.3, 0.4) is 0 Å². The first-order valence-corrected chi connectivity index (χ1v) is 9.51. The lowest BCUT2D eigenvalue weighted by Crippen LogP contribution is -2.46. The molecule has 0 saturated carbocycles. The zero-order valence-electron chi connectivity index (χ0n) is 13.2. The summed E-state index contributed by atoms with van der Waals surface area (Å²) in [6.45, 7) is 4.85. The van der Waals surface area contributed by atoms with E-state index in [0.717, 1.165) is 26.2 Å². The van der Waals surface area contributed by atoms with Crippen LogP contribution >= 0.6 is 23.2 Å². The molecule has 2 rings (SSSR count). The number of hydrogen-bond donors (Lipinski definition) is 1. The van der Waals surface area contributed by atoms with Crippen molar-refractivity contribution in [3.8, 4) is 5.75 Å². The molecule has 9 heteroatoms. The van der Waals surface area contributed by atoms with Gasteiger partial charge in [-0.3, -0.25) is 4.90 Å². The quantitative estimate of drug-likeness (QED) is 0.809. The fourth-order valence-electron chi connectivity index (χ4n) is 2.37. The molecule has 1 heterocycles. The Morgan fingerprint density at radius 3 is 2.43 bits per heavy atom. The molecule has 0 spiro atoms. The molecule has 0 radical (unpaired) electrons. The van der Waals surface area contributed by atoms with E-state index in [2.05, 4.69) is 21.6 Å². The summed E-state index contributed by atoms with van der Waals surface area (Å²) in [5, 5.41) is 0.0641. The Balaban J connectivity index is 1.98. The van der Waals surface area contributed by atoms with Crippen LogP contribution < -0.4 is 9.46 Å². The number of hydrogen-bond acceptors (Lipinski definition) is 5. The molecule has 0 amide bonds. The molecule has 0 bridgehead atoms. The summed E-state index contributed by atoms with van der Waals surface area (Å²) in [4.78, 5) is 4.44. The highest BCUT2D eigenvalue weighted by Crippen LogP contribution is 2.36. The average molecular weight is 382 g/mol. The van der Waals surface area contributed by atoms with Gasteiger partial charge in [-0.05, 0) is 19.2 Å². The van der Waals surface area contributed by atoms with E-state index in [-0.39, 0.29) is 14.9 Å². The summed E-state index contributed by atoms with van der Waals surface area (Å²) in [5.41, 5.74) is 0. The van der Waals surface area contributed by atoms with Gasteiger partial charge in [-0.1, -0.05) is 23.2 Å². The minimum atomic E-state index is -3.71. The van der Waals surface area contributed by atoms with Crippen LogP contribution in [0.4, 0.5) is 0 Å². The maximum Gasteiger partial charge on any atom is 0.242 e. The molecule has 0 aromatic heterocycles. The number of nitrogens with one attached hydrogen (secondary N) is 1. The number of sulfonamides is 1. The van der Waals surface area contributed by atoms with Crippen LogP contribution in [0.25, 0.3) is 0 Å². The van der Waals surface area contributed by atoms with E-state index in [1.54, 1.807) is 0 Å². The highest BCUT2D eigenvalue weighted by Gasteiger charge is 2.22. The minimum Gasteiger partial charge on any atom is -0.495 e. The lowest BCUT2D eigenvalue weighted by Gasteiger charge is -2.32. The van der Waals surface area contributed by atoms with Crippen molar-refractivity contribution in [2.24, 2.45) is 0 Å². The Morgan fingerprint density at radius 1 is 1.17 bits per heavy atom. The molecule has 0 unspecified atom stereocenters. The second kappa shape index (κ2) is 8.00. The van der Waals surface area contributed by atoms with Gasteiger partial charge in [0.05, 0.1) is 12.1 Å². The van der Waals surface area contributed by atoms with Crippen molar-refractivity contribution in [3.05, 3.63) is 22.2 Å². The first-order chi connectivity index (χ1) is 10.8. The predicted octanol–water partition coefficient (Wildman–Crippen LogP) is 1.53. The van der Waals surface area contributed by atoms with Gasteiger partial charge in [0.15, 0.2) is 0 Å². The van der Waals surface area contributed by atoms with Crippen LogP contribution in [0.1, 0.15) is 0 Å². The first kappa shape index (κ1) is 18.8. The number of methoxy groups -OCH3 is 1. The molecule has 1 fully saturated rings. The molecule has 1 N–H and O–H groups in total. The van der Waals surface area contributed by atoms with Gasteiger partial charge in [0, 0.05) is 39.3 Å². The topological polar surface area (TPSA) is 61.9 Å². The summed E-state index contributed by atoms with van der Waals surface area (Å²) in [7, 11) is -0.186. The average Bonchev–Trinajstić information content (AvgIpc) is 2.51. The van der Waals surface area contributed by atoms with E-state index in [4.69, 9.17) is 27.9 Å². The molecule has 1 aliphatic heterocycles. The van der Waals surface area contributed by atoms with Crippen LogP contribution in [0.5, 0.6) is 5.75 Å². The van der Waals surface area contributed by atoms with E-state index in [1.165, 1.54) is 19.2 Å². The number of likely N-dealkylation sites (N-methyl/N-ethyl adjacent to an activating group) is 1. The van der Waals surface area contributed by atoms with Gasteiger partial charge in [0.2, 0.25) is 10.0 Å². The molecule has 0 atom stereocenters. The monoisotopic (exact) mass is 381 g/mol. The zero-order chi connectivity index (χ0) is 17.0. The molecule has 1 saturated heterocycles. The summed E-state index contributed by atoms with van der Waals surface area (Å²) in [5.74, 6) is 0.341. The van der Waals surface area contributed by atoms with Crippen LogP contribution in [0, 0.1) is 0 Å². The molecular weight excluding hydrogens is 361 g/mol. The standard InChI is InChI=1S/C14H21Cl2N3O3S/c1-18-7-9-19(10-8-18)6-5-17-23(20,21)12-4-3-11(22-2)13(15)14(12)16/h3-4,17H,5-10H2,1-2H3. The third-order valence-corrected chi connectivity index (χ3v) is 6.32. The largest absolute Gasteiger partial charge is 0.495 e. The van der Waals surface area contributed by atoms with Crippen molar-refractivity contribution in [2.75, 3.05) is 53.4 Å². The summed E-state index contributed by atoms with van der Waals surface area (Å²) in [6.07, 6.45) is 0. The van der Waals surface area contributed by atoms with Crippen LogP contribution in [-0.2, 0) is 10.0 Å². The van der Waals surface area contributed by atoms with Crippen molar-refractivity contribution >= 4 is 33.2 Å². The van der Waals surface area contributed by atoms with Gasteiger partial charge in [0.1, 0.15) is 15.7 Å². The predicted molar refractivity (Wildman–Crippen MR) is 92.1 cm³/mol. The van der Waals surface area contributed by atoms with Crippen LogP contribution in [-0.4, -0.2) is 71.6 Å². The summed E-state index contributed by atoms with van der Waals surface area (Å²) < 4.78 is 32.3. The van der Waals surface area contributed by atoms with Crippen LogP contribution in [0.2, 0.25) is 10.0 Å². The lowest BCUT2D eigenvalue weighted by atomic mass is 10.3. The molecule has 1 aromatic carbocycles. The highest BCUT2D eigenvalue weighted by molar-refractivity contribution is 7.89. The number of ether oxygens (including phenoxy) is 1. The Kier molecular flexibility index (Phi) is 6.53. The summed E-state index contributed by atoms with van der Waals surface area (Å²) >= 11 is 12.1. The Labute approximate surface area is 147 Å². The van der Waals surface area contributed by atoms with Crippen molar-refractivity contribution in [1.82, 2.24) is 14.5 Å². The van der Waals surface area contributed by atoms with Crippen molar-refractivity contribution in [1.29, 1.82) is 0 Å². The molecular formula is C14H21Cl2N3O3S. The smallest absolute Gasteiger partial charge is 0.242 e. The molecule has 1 aromatic rings. The van der Waals surface area contributed by atoms with E-state index in [0.29, 0.717) is 18.8 Å². The maximum absolute atomic E-state index is 12.4. The maximum atomic E-state index is 12.4. The Bertz CT molecular complexity index is 647. The third kappa shape index (κ3) is 4.71. The molecule has 6 nitrogen and oxygen atoms in total. The van der Waals surface area contributed by atoms with Crippen LogP contribution in [0.15, 0.2) is 17.0 Å². The van der Waals surface area contributed by atoms with E-state index >= 15 is 0 Å². The van der Waals surface area contributed by atoms with Gasteiger partial charge >= 0.3 is 0 Å². The van der Waals surface area contributed by atoms with Gasteiger partial charge in [0.25, 0.3) is 0 Å². The number of rotatable bonds is 6. The number of halogens is 2. The van der Waals surface area contributed by atoms with E-state index in [9.17, 15) is 8.42 Å². The van der Waals surface area contributed by atoms with Crippen molar-refractivity contribution in [2.45, 2.75) is 4.90 Å². The summed E-state index contributed by atoms with van der Waals surface area (Å²) in [6, 6.07) is 2.88. The normalized spacial score (nSPS) is 17.4. The minimum absolute atomic E-state index is 0.0295. The Hall–Kier alpha value is -0.570. The van der Waals surface area contributed by atoms with E-state index < -0.39 is 10.0 Å². The molecule has 1 aliphatic rings. The second-order valence-corrected chi connectivity index (χ2v) is 7.93. The number of benzene rings is 1. The highest BCUT2D eigenvalue weighted by atomic mass is 35.5. The SMILES string of the molecule is COc1ccc(S(=O)(=O)NCCN2CCN(C)CC2)c(Cl)c1Cl.